The third-order valence-electron chi connectivity index (χ3n) is 3.27. The second-order valence-electron chi connectivity index (χ2n) is 4.54. The molecule has 0 amide bonds. The highest BCUT2D eigenvalue weighted by molar-refractivity contribution is 5.85. The Kier molecular flexibility index (Phi) is 3.90. The maximum atomic E-state index is 10.7. The molecule has 1 aromatic carbocycles. The van der Waals surface area contributed by atoms with Gasteiger partial charge in [-0.2, -0.15) is 0 Å². The van der Waals surface area contributed by atoms with E-state index >= 15 is 0 Å². The quantitative estimate of drug-likeness (QED) is 0.911. The van der Waals surface area contributed by atoms with Crippen LogP contribution in [0.5, 0.6) is 0 Å². The average Bonchev–Trinajstić information content (AvgIpc) is 2.46. The first kappa shape index (κ1) is 13.2. The van der Waals surface area contributed by atoms with Crippen LogP contribution in [0.25, 0.3) is 11.3 Å². The van der Waals surface area contributed by atoms with Gasteiger partial charge >= 0.3 is 5.97 Å². The lowest BCUT2D eigenvalue weighted by Crippen LogP contribution is -2.02. The van der Waals surface area contributed by atoms with E-state index in [0.717, 1.165) is 12.0 Å². The van der Waals surface area contributed by atoms with Gasteiger partial charge in [0, 0.05) is 5.56 Å². The van der Waals surface area contributed by atoms with Crippen LogP contribution in [0.4, 0.5) is 0 Å². The summed E-state index contributed by atoms with van der Waals surface area (Å²) in [4.78, 5) is 10.7. The van der Waals surface area contributed by atoms with Gasteiger partial charge in [0.25, 0.3) is 0 Å². The lowest BCUT2D eigenvalue weighted by atomic mass is 9.97. The van der Waals surface area contributed by atoms with Gasteiger partial charge in [0.05, 0.1) is 5.69 Å². The number of hydrogen-bond acceptors (Lipinski definition) is 3. The number of carboxylic acids is 1. The molecule has 19 heavy (non-hydrogen) atoms. The normalized spacial score (nSPS) is 12.1. The van der Waals surface area contributed by atoms with Gasteiger partial charge in [-0.1, -0.05) is 38.1 Å². The highest BCUT2D eigenvalue weighted by Gasteiger charge is 2.07. The number of carbonyl (C=O) groups is 1. The van der Waals surface area contributed by atoms with Gasteiger partial charge in [-0.05, 0) is 30.0 Å². The van der Waals surface area contributed by atoms with Gasteiger partial charge in [0.2, 0.25) is 0 Å². The molecule has 98 valence electrons. The fourth-order valence-electron chi connectivity index (χ4n) is 1.82. The smallest absolute Gasteiger partial charge is 0.356 e. The van der Waals surface area contributed by atoms with Gasteiger partial charge in [0.1, 0.15) is 0 Å². The number of aromatic nitrogens is 2. The Labute approximate surface area is 112 Å². The van der Waals surface area contributed by atoms with Crippen LogP contribution in [0.3, 0.4) is 0 Å². The third-order valence-corrected chi connectivity index (χ3v) is 3.27. The molecule has 1 aromatic heterocycles. The van der Waals surface area contributed by atoms with Gasteiger partial charge in [0.15, 0.2) is 5.69 Å². The zero-order valence-electron chi connectivity index (χ0n) is 11.0. The molecule has 2 rings (SSSR count). The van der Waals surface area contributed by atoms with E-state index in [1.165, 1.54) is 11.6 Å². The highest BCUT2D eigenvalue weighted by Crippen LogP contribution is 2.22. The number of benzene rings is 1. The topological polar surface area (TPSA) is 63.1 Å². The zero-order valence-corrected chi connectivity index (χ0v) is 11.0. The SMILES string of the molecule is CCC(C)c1ccc(-c2ccc(C(=O)O)nn2)cc1. The van der Waals surface area contributed by atoms with E-state index in [2.05, 4.69) is 36.2 Å². The summed E-state index contributed by atoms with van der Waals surface area (Å²) in [5.74, 6) is -0.527. The van der Waals surface area contributed by atoms with Gasteiger partial charge in [-0.3, -0.25) is 0 Å². The molecule has 4 nitrogen and oxygen atoms in total. The first-order chi connectivity index (χ1) is 9.11. The van der Waals surface area contributed by atoms with E-state index < -0.39 is 5.97 Å². The first-order valence-corrected chi connectivity index (χ1v) is 6.29. The summed E-state index contributed by atoms with van der Waals surface area (Å²) in [7, 11) is 0. The molecule has 0 aliphatic rings. The Morgan fingerprint density at radius 1 is 1.16 bits per heavy atom. The van der Waals surface area contributed by atoms with Gasteiger partial charge < -0.3 is 5.11 Å². The highest BCUT2D eigenvalue weighted by atomic mass is 16.4. The van der Waals surface area contributed by atoms with Crippen molar-refractivity contribution in [3.8, 4) is 11.3 Å². The second-order valence-corrected chi connectivity index (χ2v) is 4.54. The van der Waals surface area contributed by atoms with Crippen molar-refractivity contribution in [1.82, 2.24) is 10.2 Å². The monoisotopic (exact) mass is 256 g/mol. The molecule has 0 aliphatic heterocycles. The molecule has 0 spiro atoms. The van der Waals surface area contributed by atoms with Crippen LogP contribution in [0.2, 0.25) is 0 Å². The van der Waals surface area contributed by atoms with Crippen molar-refractivity contribution in [3.05, 3.63) is 47.7 Å². The predicted octanol–water partition coefficient (Wildman–Crippen LogP) is 3.36. The fourth-order valence-corrected chi connectivity index (χ4v) is 1.82. The molecule has 2 aromatic rings. The molecule has 0 aliphatic carbocycles. The molecule has 1 unspecified atom stereocenters. The molecule has 1 N–H and O–H groups in total. The Balaban J connectivity index is 2.24. The zero-order chi connectivity index (χ0) is 13.8. The Morgan fingerprint density at radius 3 is 2.32 bits per heavy atom. The average molecular weight is 256 g/mol. The summed E-state index contributed by atoms with van der Waals surface area (Å²) in [5, 5.41) is 16.4. The molecule has 1 atom stereocenters. The maximum absolute atomic E-state index is 10.7. The predicted molar refractivity (Wildman–Crippen MR) is 73.1 cm³/mol. The van der Waals surface area contributed by atoms with Crippen molar-refractivity contribution in [2.75, 3.05) is 0 Å². The standard InChI is InChI=1S/C15H16N2O2/c1-3-10(2)11-4-6-12(7-5-11)13-8-9-14(15(18)19)17-16-13/h4-10H,3H2,1-2H3,(H,18,19). The van der Waals surface area contributed by atoms with Crippen LogP contribution in [0.15, 0.2) is 36.4 Å². The minimum Gasteiger partial charge on any atom is -0.476 e. The van der Waals surface area contributed by atoms with E-state index in [1.54, 1.807) is 6.07 Å². The van der Waals surface area contributed by atoms with Crippen molar-refractivity contribution in [3.63, 3.8) is 0 Å². The molecule has 0 saturated carbocycles. The van der Waals surface area contributed by atoms with Crippen molar-refractivity contribution in [2.24, 2.45) is 0 Å². The van der Waals surface area contributed by atoms with E-state index in [4.69, 9.17) is 5.11 Å². The molecule has 0 saturated heterocycles. The minimum atomic E-state index is -1.06. The van der Waals surface area contributed by atoms with Crippen molar-refractivity contribution < 1.29 is 9.90 Å². The fraction of sp³-hybridized carbons (Fsp3) is 0.267. The molecule has 0 bridgehead atoms. The number of hydrogen-bond donors (Lipinski definition) is 1. The van der Waals surface area contributed by atoms with Crippen LogP contribution >= 0.6 is 0 Å². The summed E-state index contributed by atoms with van der Waals surface area (Å²) in [6, 6.07) is 11.3. The van der Waals surface area contributed by atoms with Crippen molar-refractivity contribution >= 4 is 5.97 Å². The lowest BCUT2D eigenvalue weighted by Gasteiger charge is -2.09. The van der Waals surface area contributed by atoms with Gasteiger partial charge in [-0.25, -0.2) is 4.79 Å². The van der Waals surface area contributed by atoms with Crippen LogP contribution in [-0.4, -0.2) is 21.3 Å². The maximum Gasteiger partial charge on any atom is 0.356 e. The molecule has 4 heteroatoms. The van der Waals surface area contributed by atoms with E-state index in [9.17, 15) is 4.79 Å². The Bertz CT molecular complexity index is 562. The summed E-state index contributed by atoms with van der Waals surface area (Å²) < 4.78 is 0. The lowest BCUT2D eigenvalue weighted by molar-refractivity contribution is 0.0689. The van der Waals surface area contributed by atoms with E-state index in [0.29, 0.717) is 11.6 Å². The number of carboxylic acid groups (broad SMARTS) is 1. The van der Waals surface area contributed by atoms with Crippen molar-refractivity contribution in [1.29, 1.82) is 0 Å². The molecule has 0 fully saturated rings. The van der Waals surface area contributed by atoms with Gasteiger partial charge in [-0.15, -0.1) is 10.2 Å². The van der Waals surface area contributed by atoms with Crippen LogP contribution in [-0.2, 0) is 0 Å². The first-order valence-electron chi connectivity index (χ1n) is 6.29. The second kappa shape index (κ2) is 5.61. The summed E-state index contributed by atoms with van der Waals surface area (Å²) in [6.45, 7) is 4.35. The summed E-state index contributed by atoms with van der Waals surface area (Å²) in [5.41, 5.74) is 2.87. The number of nitrogens with zero attached hydrogens (tertiary/aromatic N) is 2. The Morgan fingerprint density at radius 2 is 1.84 bits per heavy atom. The molecule has 0 radical (unpaired) electrons. The molecular weight excluding hydrogens is 240 g/mol. The summed E-state index contributed by atoms with van der Waals surface area (Å²) >= 11 is 0. The van der Waals surface area contributed by atoms with Crippen LogP contribution < -0.4 is 0 Å². The number of rotatable bonds is 4. The van der Waals surface area contributed by atoms with Crippen LogP contribution in [0, 0.1) is 0 Å². The number of aromatic carboxylic acids is 1. The Hall–Kier alpha value is -2.23. The third kappa shape index (κ3) is 2.96. The largest absolute Gasteiger partial charge is 0.476 e. The minimum absolute atomic E-state index is 0.0417. The van der Waals surface area contributed by atoms with E-state index in [1.807, 2.05) is 12.1 Å². The van der Waals surface area contributed by atoms with Crippen LogP contribution in [0.1, 0.15) is 42.2 Å². The molecular formula is C15H16N2O2. The summed E-state index contributed by atoms with van der Waals surface area (Å²) in [6.07, 6.45) is 1.10. The molecule has 1 heterocycles. The van der Waals surface area contributed by atoms with Crippen molar-refractivity contribution in [2.45, 2.75) is 26.2 Å². The van der Waals surface area contributed by atoms with E-state index in [-0.39, 0.29) is 5.69 Å².